The van der Waals surface area contributed by atoms with E-state index in [9.17, 15) is 9.18 Å². The van der Waals surface area contributed by atoms with E-state index in [2.05, 4.69) is 40.6 Å². The Morgan fingerprint density at radius 2 is 2.10 bits per heavy atom. The summed E-state index contributed by atoms with van der Waals surface area (Å²) in [5.74, 6) is 0.768. The monoisotopic (exact) mass is 449 g/mol. The van der Waals surface area contributed by atoms with Crippen molar-refractivity contribution in [3.05, 3.63) is 36.0 Å². The van der Waals surface area contributed by atoms with Gasteiger partial charge < -0.3 is 15.0 Å². The topological polar surface area (TPSA) is 54.5 Å². The predicted octanol–water partition coefficient (Wildman–Crippen LogP) is 3.82. The SMILES string of the molecule is COC(C(=O)N[C@@H]1C[C@H](C)CN(c2ccc(C(F)(P)P)c3ncccc23)C1)C1CC1. The van der Waals surface area contributed by atoms with E-state index in [1.807, 2.05) is 24.3 Å². The van der Waals surface area contributed by atoms with Crippen LogP contribution in [0.15, 0.2) is 30.5 Å². The van der Waals surface area contributed by atoms with E-state index in [4.69, 9.17) is 4.74 Å². The number of benzene rings is 1. The van der Waals surface area contributed by atoms with Crippen LogP contribution in [0.25, 0.3) is 10.9 Å². The fraction of sp³-hybridized carbons (Fsp3) is 0.545. The number of methoxy groups -OCH3 is 1. The minimum absolute atomic E-state index is 0.00542. The Kier molecular flexibility index (Phi) is 6.30. The molecule has 5 atom stereocenters. The number of anilines is 1. The van der Waals surface area contributed by atoms with E-state index in [0.29, 0.717) is 29.5 Å². The van der Waals surface area contributed by atoms with E-state index in [-0.39, 0.29) is 18.1 Å². The van der Waals surface area contributed by atoms with Crippen LogP contribution in [-0.4, -0.2) is 43.2 Å². The number of hydrogen-bond donors (Lipinski definition) is 1. The van der Waals surface area contributed by atoms with Gasteiger partial charge in [-0.3, -0.25) is 9.78 Å². The summed E-state index contributed by atoms with van der Waals surface area (Å²) in [6.07, 6.45) is 4.41. The van der Waals surface area contributed by atoms with Gasteiger partial charge in [0.15, 0.2) is 5.15 Å². The van der Waals surface area contributed by atoms with Crippen LogP contribution < -0.4 is 10.2 Å². The summed E-state index contributed by atoms with van der Waals surface area (Å²) in [6, 6.07) is 7.70. The molecule has 30 heavy (non-hydrogen) atoms. The zero-order valence-electron chi connectivity index (χ0n) is 17.5. The highest BCUT2D eigenvalue weighted by molar-refractivity contribution is 7.38. The Labute approximate surface area is 181 Å². The molecule has 1 saturated carbocycles. The molecule has 2 heterocycles. The number of amides is 1. The van der Waals surface area contributed by atoms with Crippen molar-refractivity contribution >= 4 is 41.0 Å². The Hall–Kier alpha value is -1.35. The average molecular weight is 449 g/mol. The number of nitrogens with one attached hydrogen (secondary N) is 1. The summed E-state index contributed by atoms with van der Waals surface area (Å²) in [5, 5.41) is 2.51. The molecule has 3 unspecified atom stereocenters. The molecule has 1 aliphatic heterocycles. The molecule has 1 aliphatic carbocycles. The number of halogens is 1. The molecule has 162 valence electrons. The van der Waals surface area contributed by atoms with Crippen molar-refractivity contribution in [2.45, 2.75) is 43.5 Å². The molecule has 2 aromatic rings. The van der Waals surface area contributed by atoms with Crippen LogP contribution in [0, 0.1) is 11.8 Å². The Bertz CT molecular complexity index is 932. The Balaban J connectivity index is 1.59. The number of aromatic nitrogens is 1. The number of piperidine rings is 1. The maximum Gasteiger partial charge on any atom is 0.249 e. The summed E-state index contributed by atoms with van der Waals surface area (Å²) in [4.78, 5) is 19.5. The van der Waals surface area contributed by atoms with E-state index in [1.165, 1.54) is 0 Å². The molecule has 1 amide bonds. The molecule has 1 N–H and O–H groups in total. The lowest BCUT2D eigenvalue weighted by Gasteiger charge is -2.39. The van der Waals surface area contributed by atoms with Crippen LogP contribution in [0.5, 0.6) is 0 Å². The number of nitrogens with zero attached hydrogens (tertiary/aromatic N) is 2. The van der Waals surface area contributed by atoms with Crippen LogP contribution >= 0.6 is 18.5 Å². The number of rotatable bonds is 6. The summed E-state index contributed by atoms with van der Waals surface area (Å²) < 4.78 is 20.1. The Morgan fingerprint density at radius 3 is 2.77 bits per heavy atom. The van der Waals surface area contributed by atoms with Crippen LogP contribution in [0.1, 0.15) is 31.7 Å². The Morgan fingerprint density at radius 1 is 1.33 bits per heavy atom. The van der Waals surface area contributed by atoms with Crippen molar-refractivity contribution < 1.29 is 13.9 Å². The van der Waals surface area contributed by atoms with Gasteiger partial charge in [-0.1, -0.05) is 31.5 Å². The maximum atomic E-state index is 14.7. The fourth-order valence-corrected chi connectivity index (χ4v) is 5.06. The molecule has 0 spiro atoms. The highest BCUT2D eigenvalue weighted by Gasteiger charge is 2.38. The molecule has 2 fully saturated rings. The van der Waals surface area contributed by atoms with Crippen molar-refractivity contribution in [3.63, 3.8) is 0 Å². The average Bonchev–Trinajstić information content (AvgIpc) is 3.51. The zero-order chi connectivity index (χ0) is 21.5. The normalized spacial score (nSPS) is 23.4. The minimum Gasteiger partial charge on any atom is -0.371 e. The first-order valence-electron chi connectivity index (χ1n) is 10.5. The lowest BCUT2D eigenvalue weighted by atomic mass is 9.94. The van der Waals surface area contributed by atoms with Crippen LogP contribution in [0.4, 0.5) is 10.1 Å². The summed E-state index contributed by atoms with van der Waals surface area (Å²) in [5.41, 5.74) is 2.21. The molecular formula is C22H30FN3O2P2. The fourth-order valence-electron chi connectivity index (χ4n) is 4.59. The molecule has 5 nitrogen and oxygen atoms in total. The third-order valence-corrected chi connectivity index (χ3v) is 6.69. The first kappa shape index (κ1) is 21.9. The third kappa shape index (κ3) is 4.61. The maximum absolute atomic E-state index is 14.7. The highest BCUT2D eigenvalue weighted by Crippen LogP contribution is 2.44. The second kappa shape index (κ2) is 8.65. The van der Waals surface area contributed by atoms with Crippen molar-refractivity contribution in [2.24, 2.45) is 11.8 Å². The van der Waals surface area contributed by atoms with E-state index >= 15 is 0 Å². The second-order valence-electron chi connectivity index (χ2n) is 8.74. The summed E-state index contributed by atoms with van der Waals surface area (Å²) >= 11 is 0. The molecule has 0 radical (unpaired) electrons. The molecule has 0 bridgehead atoms. The molecular weight excluding hydrogens is 419 g/mol. The van der Waals surface area contributed by atoms with Gasteiger partial charge in [0.25, 0.3) is 0 Å². The van der Waals surface area contributed by atoms with Crippen molar-refractivity contribution in [1.82, 2.24) is 10.3 Å². The van der Waals surface area contributed by atoms with Gasteiger partial charge in [-0.25, -0.2) is 4.39 Å². The third-order valence-electron chi connectivity index (χ3n) is 6.07. The van der Waals surface area contributed by atoms with Gasteiger partial charge in [-0.2, -0.15) is 0 Å². The number of hydrogen-bond acceptors (Lipinski definition) is 4. The van der Waals surface area contributed by atoms with E-state index in [1.54, 1.807) is 13.3 Å². The lowest BCUT2D eigenvalue weighted by molar-refractivity contribution is -0.133. The molecule has 8 heteroatoms. The first-order valence-corrected chi connectivity index (χ1v) is 11.7. The highest BCUT2D eigenvalue weighted by atomic mass is 31.1. The number of fused-ring (bicyclic) bond motifs is 1. The molecule has 1 aromatic carbocycles. The minimum atomic E-state index is -1.63. The van der Waals surface area contributed by atoms with Gasteiger partial charge in [-0.15, -0.1) is 0 Å². The number of ether oxygens (including phenoxy) is 1. The molecule has 1 saturated heterocycles. The number of alkyl halides is 1. The van der Waals surface area contributed by atoms with Crippen molar-refractivity contribution in [1.29, 1.82) is 0 Å². The van der Waals surface area contributed by atoms with Crippen molar-refractivity contribution in [2.75, 3.05) is 25.1 Å². The van der Waals surface area contributed by atoms with Crippen LogP contribution in [0.3, 0.4) is 0 Å². The smallest absolute Gasteiger partial charge is 0.249 e. The molecule has 4 rings (SSSR count). The first-order chi connectivity index (χ1) is 14.3. The largest absolute Gasteiger partial charge is 0.371 e. The quantitative estimate of drug-likeness (QED) is 0.682. The summed E-state index contributed by atoms with van der Waals surface area (Å²) in [7, 11) is 6.06. The van der Waals surface area contributed by atoms with Gasteiger partial charge >= 0.3 is 0 Å². The van der Waals surface area contributed by atoms with Gasteiger partial charge in [0.2, 0.25) is 5.91 Å². The molecule has 2 aliphatic rings. The zero-order valence-corrected chi connectivity index (χ0v) is 19.8. The van der Waals surface area contributed by atoms with Crippen LogP contribution in [-0.2, 0) is 14.7 Å². The number of pyridine rings is 1. The van der Waals surface area contributed by atoms with E-state index in [0.717, 1.165) is 36.9 Å². The van der Waals surface area contributed by atoms with Crippen LogP contribution in [0.2, 0.25) is 0 Å². The lowest BCUT2D eigenvalue weighted by Crippen LogP contribution is -2.53. The standard InChI is InChI=1S/C22H30FN3O2P2/c1-13-10-15(25-21(27)20(28-2)14-5-6-14)12-26(11-13)18-8-7-17(22(23,29)30)19-16(18)4-3-9-24-19/h3-4,7-9,13-15,20H,5-6,10-12,29-30H2,1-2H3,(H,25,27)/t13-,15+,20?/m0/s1. The number of carbonyl (C=O) groups excluding carboxylic acids is 1. The van der Waals surface area contributed by atoms with Gasteiger partial charge in [0.05, 0.1) is 5.52 Å². The van der Waals surface area contributed by atoms with Crippen molar-refractivity contribution in [3.8, 4) is 0 Å². The van der Waals surface area contributed by atoms with Gasteiger partial charge in [0, 0.05) is 49.1 Å². The van der Waals surface area contributed by atoms with Gasteiger partial charge in [-0.05, 0) is 49.3 Å². The van der Waals surface area contributed by atoms with E-state index < -0.39 is 5.15 Å². The number of carbonyl (C=O) groups is 1. The predicted molar refractivity (Wildman–Crippen MR) is 125 cm³/mol. The van der Waals surface area contributed by atoms with Gasteiger partial charge in [0.1, 0.15) is 6.10 Å². The summed E-state index contributed by atoms with van der Waals surface area (Å²) in [6.45, 7) is 3.80. The molecule has 1 aromatic heterocycles. The second-order valence-corrected chi connectivity index (χ2v) is 11.1.